The molecule has 0 unspecified atom stereocenters. The number of rotatable bonds is 0. The lowest BCUT2D eigenvalue weighted by molar-refractivity contribution is 0.859. The molecule has 2 aromatic rings. The van der Waals surface area contributed by atoms with E-state index >= 15 is 0 Å². The van der Waals surface area contributed by atoms with E-state index in [0.29, 0.717) is 0 Å². The van der Waals surface area contributed by atoms with E-state index in [4.69, 9.17) is 0 Å². The molecule has 0 aliphatic rings. The molecule has 4 heteroatoms. The Hall–Kier alpha value is -1.32. The van der Waals surface area contributed by atoms with Gasteiger partial charge >= 0.3 is 0 Å². The van der Waals surface area contributed by atoms with Gasteiger partial charge < -0.3 is 0 Å². The summed E-state index contributed by atoms with van der Waals surface area (Å²) >= 11 is 0. The van der Waals surface area contributed by atoms with Crippen LogP contribution in [0.3, 0.4) is 0 Å². The molecular weight excluding hydrogens is 125 g/mol. The maximum absolute atomic E-state index is 3.91. The van der Waals surface area contributed by atoms with E-state index in [9.17, 15) is 0 Å². The van der Waals surface area contributed by atoms with E-state index in [1.165, 1.54) is 0 Å². The van der Waals surface area contributed by atoms with Crippen LogP contribution >= 0.6 is 0 Å². The van der Waals surface area contributed by atoms with Crippen molar-refractivity contribution in [2.24, 2.45) is 0 Å². The number of nitrogens with zero attached hydrogens (tertiary/aromatic N) is 3. The second-order valence-corrected chi connectivity index (χ2v) is 2.21. The van der Waals surface area contributed by atoms with E-state index in [2.05, 4.69) is 10.3 Å². The Morgan fingerprint density at radius 3 is 3.10 bits per heavy atom. The Morgan fingerprint density at radius 2 is 2.30 bits per heavy atom. The monoisotopic (exact) mass is 131 g/mol. The van der Waals surface area contributed by atoms with E-state index in [1.807, 2.05) is 32.2 Å². The molecule has 10 heavy (non-hydrogen) atoms. The quantitative estimate of drug-likeness (QED) is 0.428. The lowest BCUT2D eigenvalue weighted by Crippen LogP contribution is -2.03. The lowest BCUT2D eigenvalue weighted by Gasteiger charge is -1.87. The third-order valence-electron chi connectivity index (χ3n) is 1.50. The van der Waals surface area contributed by atoms with Crippen LogP contribution in [0.25, 0.3) is 5.52 Å². The van der Waals surface area contributed by atoms with Gasteiger partial charge in [0.05, 0.1) is 5.52 Å². The van der Waals surface area contributed by atoms with Crippen molar-refractivity contribution in [3.63, 3.8) is 0 Å². The molecule has 0 aromatic carbocycles. The summed E-state index contributed by atoms with van der Waals surface area (Å²) in [6.45, 7) is 0. The topological polar surface area (TPSA) is 30.2 Å². The highest BCUT2D eigenvalue weighted by Crippen LogP contribution is 1.93. The molecule has 0 N–H and O–H groups in total. The van der Waals surface area contributed by atoms with Gasteiger partial charge in [0.1, 0.15) is 0 Å². The van der Waals surface area contributed by atoms with Crippen molar-refractivity contribution in [2.45, 2.75) is 0 Å². The fourth-order valence-electron chi connectivity index (χ4n) is 0.965. The van der Waals surface area contributed by atoms with Gasteiger partial charge in [-0.15, -0.1) is 5.10 Å². The summed E-state index contributed by atoms with van der Waals surface area (Å²) in [6, 6.07) is 5.90. The molecule has 0 spiro atoms. The Bertz CT molecular complexity index is 355. The van der Waals surface area contributed by atoms with Gasteiger partial charge in [-0.05, 0) is 12.1 Å². The minimum absolute atomic E-state index is 0.973. The zero-order valence-electron chi connectivity index (χ0n) is 5.65. The zero-order chi connectivity index (χ0) is 6.97. The number of fused-ring (bicyclic) bond motifs is 1. The molecule has 0 fully saturated rings. The Morgan fingerprint density at radius 1 is 1.40 bits per heavy atom. The van der Waals surface area contributed by atoms with Crippen molar-refractivity contribution in [1.29, 1.82) is 0 Å². The van der Waals surface area contributed by atoms with Crippen LogP contribution in [0, 0.1) is 0 Å². The molecule has 48 valence electrons. The average Bonchev–Trinajstić information content (AvgIpc) is 2.34. The van der Waals surface area contributed by atoms with E-state index in [-0.39, 0.29) is 0 Å². The molecule has 3 nitrogen and oxygen atoms in total. The van der Waals surface area contributed by atoms with Gasteiger partial charge in [0.25, 0.3) is 0 Å². The van der Waals surface area contributed by atoms with Crippen molar-refractivity contribution in [1.82, 2.24) is 14.8 Å². The minimum Gasteiger partial charge on any atom is -0.221 e. The first-order chi connectivity index (χ1) is 4.88. The van der Waals surface area contributed by atoms with Crippen molar-refractivity contribution < 1.29 is 0 Å². The Kier molecular flexibility index (Phi) is 1.00. The largest absolute Gasteiger partial charge is 0.221 e. The zero-order valence-corrected chi connectivity index (χ0v) is 5.65. The summed E-state index contributed by atoms with van der Waals surface area (Å²) in [6.07, 6.45) is 1.88. The number of aromatic nitrogens is 3. The smallest absolute Gasteiger partial charge is 0.169 e. The third kappa shape index (κ3) is 0.619. The number of pyridine rings is 1. The van der Waals surface area contributed by atoms with Crippen LogP contribution in [0.2, 0.25) is 0 Å². The molecular formula is C6H6BN3. The summed E-state index contributed by atoms with van der Waals surface area (Å²) < 4.78 is 1.76. The van der Waals surface area contributed by atoms with Crippen LogP contribution in [-0.4, -0.2) is 22.7 Å². The van der Waals surface area contributed by atoms with Gasteiger partial charge in [-0.2, -0.15) is 0 Å². The molecule has 0 aliphatic heterocycles. The first-order valence-electron chi connectivity index (χ1n) is 3.14. The first kappa shape index (κ1) is 5.47. The molecule has 2 aromatic heterocycles. The van der Waals surface area contributed by atoms with Crippen LogP contribution in [-0.2, 0) is 0 Å². The number of hydrogen-bond donors (Lipinski definition) is 0. The summed E-state index contributed by atoms with van der Waals surface area (Å²) in [5.74, 6) is 0. The standard InChI is InChI=1S/C6H6BN3/c7-6-5-3-1-2-4-10(5)9-8-6/h1-4H,7H2. The summed E-state index contributed by atoms with van der Waals surface area (Å²) in [7, 11) is 1.95. The molecule has 0 saturated carbocycles. The van der Waals surface area contributed by atoms with Crippen LogP contribution < -0.4 is 5.59 Å². The SMILES string of the molecule is Bc1nnn2ccccc12. The number of hydrogen-bond acceptors (Lipinski definition) is 2. The van der Waals surface area contributed by atoms with E-state index < -0.39 is 0 Å². The molecule has 0 aliphatic carbocycles. The molecule has 0 atom stereocenters. The van der Waals surface area contributed by atoms with Gasteiger partial charge in [-0.1, -0.05) is 11.3 Å². The normalized spacial score (nSPS) is 10.4. The summed E-state index contributed by atoms with van der Waals surface area (Å²) in [5, 5.41) is 7.79. The summed E-state index contributed by atoms with van der Waals surface area (Å²) in [5.41, 5.74) is 2.04. The van der Waals surface area contributed by atoms with Crippen molar-refractivity contribution in [2.75, 3.05) is 0 Å². The highest BCUT2D eigenvalue weighted by molar-refractivity contribution is 6.34. The predicted octanol–water partition coefficient (Wildman–Crippen LogP) is -1.01. The van der Waals surface area contributed by atoms with Crippen molar-refractivity contribution in [3.8, 4) is 0 Å². The van der Waals surface area contributed by atoms with Crippen molar-refractivity contribution >= 4 is 19.0 Å². The average molecular weight is 131 g/mol. The van der Waals surface area contributed by atoms with Gasteiger partial charge in [-0.3, -0.25) is 0 Å². The molecule has 0 saturated heterocycles. The van der Waals surface area contributed by atoms with Crippen molar-refractivity contribution in [3.05, 3.63) is 24.4 Å². The minimum atomic E-state index is 0.973. The first-order valence-corrected chi connectivity index (χ1v) is 3.14. The molecule has 0 radical (unpaired) electrons. The maximum Gasteiger partial charge on any atom is 0.169 e. The van der Waals surface area contributed by atoms with Crippen LogP contribution in [0.4, 0.5) is 0 Å². The van der Waals surface area contributed by atoms with Crippen LogP contribution in [0.1, 0.15) is 0 Å². The molecule has 0 amide bonds. The van der Waals surface area contributed by atoms with Gasteiger partial charge in [0, 0.05) is 11.8 Å². The fraction of sp³-hybridized carbons (Fsp3) is 0. The van der Waals surface area contributed by atoms with Gasteiger partial charge in [0.2, 0.25) is 0 Å². The van der Waals surface area contributed by atoms with Gasteiger partial charge in [0.15, 0.2) is 7.85 Å². The van der Waals surface area contributed by atoms with Gasteiger partial charge in [-0.25, -0.2) is 4.52 Å². The summed E-state index contributed by atoms with van der Waals surface area (Å²) in [4.78, 5) is 0. The highest BCUT2D eigenvalue weighted by atomic mass is 15.4. The van der Waals surface area contributed by atoms with E-state index in [1.54, 1.807) is 4.52 Å². The maximum atomic E-state index is 3.91. The van der Waals surface area contributed by atoms with E-state index in [0.717, 1.165) is 11.1 Å². The second kappa shape index (κ2) is 1.83. The molecule has 2 rings (SSSR count). The van der Waals surface area contributed by atoms with Crippen LogP contribution in [0.5, 0.6) is 0 Å². The third-order valence-corrected chi connectivity index (χ3v) is 1.50. The molecule has 2 heterocycles. The Balaban J connectivity index is 2.93. The van der Waals surface area contributed by atoms with Crippen LogP contribution in [0.15, 0.2) is 24.4 Å². The fourth-order valence-corrected chi connectivity index (χ4v) is 0.965. The second-order valence-electron chi connectivity index (χ2n) is 2.21. The Labute approximate surface area is 59.1 Å². The predicted molar refractivity (Wildman–Crippen MR) is 41.2 cm³/mol. The lowest BCUT2D eigenvalue weighted by atomic mass is 10.0. The molecule has 0 bridgehead atoms. The highest BCUT2D eigenvalue weighted by Gasteiger charge is 1.95.